The highest BCUT2D eigenvalue weighted by Crippen LogP contribution is 2.42. The summed E-state index contributed by atoms with van der Waals surface area (Å²) in [6, 6.07) is 24.5. The van der Waals surface area contributed by atoms with Gasteiger partial charge in [-0.15, -0.1) is 11.3 Å². The lowest BCUT2D eigenvalue weighted by Gasteiger charge is -2.46. The van der Waals surface area contributed by atoms with Crippen LogP contribution in [-0.2, 0) is 20.5 Å². The zero-order chi connectivity index (χ0) is 42.3. The summed E-state index contributed by atoms with van der Waals surface area (Å²) in [5, 5.41) is 2.56. The van der Waals surface area contributed by atoms with E-state index >= 15 is 4.39 Å². The van der Waals surface area contributed by atoms with Crippen molar-refractivity contribution in [1.29, 1.82) is 0 Å². The first-order valence-electron chi connectivity index (χ1n) is 20.5. The molecular formula is C46H51FN4O7SSi. The number of hydrogen-bond acceptors (Lipinski definition) is 9. The highest BCUT2D eigenvalue weighted by molar-refractivity contribution is 7.22. The van der Waals surface area contributed by atoms with Gasteiger partial charge in [0.2, 0.25) is 11.8 Å². The molecule has 3 aromatic carbocycles. The predicted octanol–water partition coefficient (Wildman–Crippen LogP) is 7.38. The Morgan fingerprint density at radius 3 is 2.15 bits per heavy atom. The first kappa shape index (κ1) is 41.6. The largest absolute Gasteiger partial charge is 0.496 e. The van der Waals surface area contributed by atoms with Crippen molar-refractivity contribution in [1.82, 2.24) is 19.0 Å². The first-order chi connectivity index (χ1) is 28.8. The number of methoxy groups -OCH3 is 1. The van der Waals surface area contributed by atoms with Gasteiger partial charge in [0.05, 0.1) is 36.2 Å². The van der Waals surface area contributed by atoms with Crippen LogP contribution in [0.25, 0.3) is 21.0 Å². The number of rotatable bonds is 12. The molecule has 0 spiro atoms. The molecule has 0 N–H and O–H groups in total. The predicted molar refractivity (Wildman–Crippen MR) is 233 cm³/mol. The average Bonchev–Trinajstić information content (AvgIpc) is 3.98. The Morgan fingerprint density at radius 1 is 0.933 bits per heavy atom. The maximum Gasteiger partial charge on any atom is 0.332 e. The van der Waals surface area contributed by atoms with Crippen LogP contribution in [0.4, 0.5) is 4.39 Å². The minimum atomic E-state index is -2.80. The molecule has 0 bridgehead atoms. The lowest BCUT2D eigenvalue weighted by Crippen LogP contribution is -2.67. The van der Waals surface area contributed by atoms with Gasteiger partial charge in [0, 0.05) is 25.3 Å². The third-order valence-corrected chi connectivity index (χ3v) is 18.6. The van der Waals surface area contributed by atoms with Crippen LogP contribution >= 0.6 is 11.3 Å². The van der Waals surface area contributed by atoms with Crippen LogP contribution in [0.1, 0.15) is 76.1 Å². The van der Waals surface area contributed by atoms with E-state index in [1.54, 1.807) is 20.0 Å². The topological polar surface area (TPSA) is 118 Å². The van der Waals surface area contributed by atoms with Crippen LogP contribution in [0.15, 0.2) is 105 Å². The minimum absolute atomic E-state index is 0.0334. The Labute approximate surface area is 353 Å². The van der Waals surface area contributed by atoms with E-state index in [-0.39, 0.29) is 29.7 Å². The molecule has 4 heterocycles. The second kappa shape index (κ2) is 16.7. The number of likely N-dealkylation sites (tertiary alicyclic amines) is 1. The van der Waals surface area contributed by atoms with Crippen molar-refractivity contribution in [2.75, 3.05) is 20.7 Å². The molecule has 2 fully saturated rings. The highest BCUT2D eigenvalue weighted by atomic mass is 32.1. The Hall–Kier alpha value is -5.15. The highest BCUT2D eigenvalue weighted by Gasteiger charge is 2.51. The fourth-order valence-electron chi connectivity index (χ4n) is 9.18. The van der Waals surface area contributed by atoms with Crippen LogP contribution in [0, 0.1) is 12.7 Å². The SMILES string of the molecule is COc1ccc(F)cc1[C@H](Cn1c(=O)n([C@@H]2CCN(C)C2=O)c(=O)c2c(C)c(-c3ncco3)sc21)O[C@H]1CC[C@@H](O[Si](c2ccccc2)(c2ccccc2)C(C)(C)C)CC1. The molecule has 11 nitrogen and oxygen atoms in total. The maximum atomic E-state index is 15.2. The zero-order valence-corrected chi connectivity index (χ0v) is 36.7. The number of carbonyl (C=O) groups is 1. The van der Waals surface area contributed by atoms with Crippen molar-refractivity contribution in [3.05, 3.63) is 129 Å². The summed E-state index contributed by atoms with van der Waals surface area (Å²) >= 11 is 1.21. The van der Waals surface area contributed by atoms with Crippen LogP contribution in [0.5, 0.6) is 5.75 Å². The van der Waals surface area contributed by atoms with E-state index < -0.39 is 37.5 Å². The molecule has 60 heavy (non-hydrogen) atoms. The molecule has 1 aliphatic carbocycles. The van der Waals surface area contributed by atoms with Crippen molar-refractivity contribution in [2.45, 2.75) is 95.7 Å². The number of likely N-dealkylation sites (N-methyl/N-ethyl adjacent to an activating group) is 1. The number of aryl methyl sites for hydroxylation is 1. The number of halogens is 1. The zero-order valence-electron chi connectivity index (χ0n) is 34.9. The molecule has 1 amide bonds. The van der Waals surface area contributed by atoms with Gasteiger partial charge in [-0.05, 0) is 78.2 Å². The number of hydrogen-bond donors (Lipinski definition) is 0. The number of benzene rings is 3. The number of ether oxygens (including phenoxy) is 2. The normalized spacial score (nSPS) is 19.3. The van der Waals surface area contributed by atoms with Gasteiger partial charge >= 0.3 is 5.69 Å². The standard InChI is InChI=1S/C46H51FN4O7SSi/c1-29-39-43(53)51(36-23-25-49(5)42(36)52)45(54)50(44(39)59-40(29)41-48-24-26-56-41)28-38(35-27-30(47)17-22-37(35)55-6)57-31-18-20-32(21-19-31)58-60(46(2,3)4,33-13-9-7-10-14-33)34-15-11-8-12-16-34/h7-17,22,24,26-27,31-32,36,38H,18-21,23,25,28H2,1-6H3/t31-,32+,36-,38+/m1/s1. The second-order valence-corrected chi connectivity index (χ2v) is 22.1. The van der Waals surface area contributed by atoms with Crippen LogP contribution in [0.3, 0.4) is 0 Å². The van der Waals surface area contributed by atoms with Crippen LogP contribution in [0.2, 0.25) is 5.04 Å². The Bertz CT molecular complexity index is 2560. The van der Waals surface area contributed by atoms with E-state index in [1.165, 1.54) is 62.9 Å². The van der Waals surface area contributed by atoms with Gasteiger partial charge in [-0.25, -0.2) is 18.7 Å². The van der Waals surface area contributed by atoms with E-state index in [1.807, 2.05) is 12.1 Å². The molecule has 2 aliphatic rings. The molecule has 8 rings (SSSR count). The van der Waals surface area contributed by atoms with E-state index in [4.69, 9.17) is 18.3 Å². The first-order valence-corrected chi connectivity index (χ1v) is 23.3. The molecule has 6 aromatic rings. The fraction of sp³-hybridized carbons (Fsp3) is 0.391. The van der Waals surface area contributed by atoms with Crippen molar-refractivity contribution in [3.8, 4) is 16.5 Å². The Morgan fingerprint density at radius 2 is 1.58 bits per heavy atom. The molecule has 314 valence electrons. The van der Waals surface area contributed by atoms with E-state index in [2.05, 4.69) is 74.3 Å². The number of amides is 1. The minimum Gasteiger partial charge on any atom is -0.496 e. The molecule has 3 aromatic heterocycles. The molecular weight excluding hydrogens is 800 g/mol. The van der Waals surface area contributed by atoms with Crippen molar-refractivity contribution in [3.63, 3.8) is 0 Å². The average molecular weight is 851 g/mol. The summed E-state index contributed by atoms with van der Waals surface area (Å²) in [7, 11) is 0.374. The van der Waals surface area contributed by atoms with E-state index in [0.717, 1.165) is 17.4 Å². The van der Waals surface area contributed by atoms with E-state index in [0.29, 0.717) is 63.7 Å². The lowest BCUT2D eigenvalue weighted by atomic mass is 9.94. The summed E-state index contributed by atoms with van der Waals surface area (Å²) in [4.78, 5) is 49.4. The summed E-state index contributed by atoms with van der Waals surface area (Å²) in [6.07, 6.45) is 4.89. The number of fused-ring (bicyclic) bond motifs is 1. The molecule has 0 unspecified atom stereocenters. The molecule has 1 saturated carbocycles. The number of oxazole rings is 1. The van der Waals surface area contributed by atoms with E-state index in [9.17, 15) is 14.4 Å². The number of carbonyl (C=O) groups excluding carboxylic acids is 1. The quantitative estimate of drug-likeness (QED) is 0.117. The Balaban J connectivity index is 1.16. The van der Waals surface area contributed by atoms with Crippen LogP contribution < -0.4 is 26.4 Å². The molecule has 2 atom stereocenters. The van der Waals surface area contributed by atoms with Gasteiger partial charge < -0.3 is 23.2 Å². The summed E-state index contributed by atoms with van der Waals surface area (Å²) in [5.41, 5.74) is -0.179. The van der Waals surface area contributed by atoms with Gasteiger partial charge in [-0.3, -0.25) is 14.2 Å². The smallest absolute Gasteiger partial charge is 0.332 e. The molecule has 0 radical (unpaired) electrons. The van der Waals surface area contributed by atoms with Crippen molar-refractivity contribution in [2.24, 2.45) is 0 Å². The van der Waals surface area contributed by atoms with Gasteiger partial charge in [-0.2, -0.15) is 0 Å². The van der Waals surface area contributed by atoms with Crippen molar-refractivity contribution < 1.29 is 27.5 Å². The van der Waals surface area contributed by atoms with Gasteiger partial charge in [0.1, 0.15) is 34.8 Å². The lowest BCUT2D eigenvalue weighted by molar-refractivity contribution is -0.129. The molecule has 14 heteroatoms. The molecule has 1 saturated heterocycles. The summed E-state index contributed by atoms with van der Waals surface area (Å²) in [5.74, 6) is -0.0790. The van der Waals surface area contributed by atoms with Gasteiger partial charge in [0.15, 0.2) is 0 Å². The van der Waals surface area contributed by atoms with Crippen LogP contribution in [-0.4, -0.2) is 66.2 Å². The van der Waals surface area contributed by atoms with Gasteiger partial charge in [0.25, 0.3) is 13.9 Å². The Kier molecular flexibility index (Phi) is 11.6. The monoisotopic (exact) mass is 850 g/mol. The molecule has 1 aliphatic heterocycles. The number of nitrogens with zero attached hydrogens (tertiary/aromatic N) is 4. The van der Waals surface area contributed by atoms with Gasteiger partial charge in [-0.1, -0.05) is 81.4 Å². The number of thiophene rings is 1. The number of aromatic nitrogens is 3. The fourth-order valence-corrected chi connectivity index (χ4v) is 15.2. The van der Waals surface area contributed by atoms with Crippen molar-refractivity contribution >= 4 is 46.2 Å². The summed E-state index contributed by atoms with van der Waals surface area (Å²) in [6.45, 7) is 8.94. The maximum absolute atomic E-state index is 15.2. The third-order valence-electron chi connectivity index (χ3n) is 12.2. The summed E-state index contributed by atoms with van der Waals surface area (Å²) < 4.78 is 43.7. The third kappa shape index (κ3) is 7.48. The second-order valence-electron chi connectivity index (χ2n) is 16.9.